The fourth-order valence-electron chi connectivity index (χ4n) is 1.85. The van der Waals surface area contributed by atoms with Crippen LogP contribution in [0.4, 0.5) is 5.69 Å². The number of nitrogens with zero attached hydrogens (tertiary/aromatic N) is 1. The largest absolute Gasteiger partial charge is 0.493 e. The molecule has 100 valence electrons. The van der Waals surface area contributed by atoms with E-state index in [1.165, 1.54) is 5.56 Å². The number of hydrogen-bond acceptors (Lipinski definition) is 3. The van der Waals surface area contributed by atoms with E-state index in [-0.39, 0.29) is 0 Å². The summed E-state index contributed by atoms with van der Waals surface area (Å²) in [5.74, 6) is 0.800. The lowest BCUT2D eigenvalue weighted by atomic mass is 10.1. The Kier molecular flexibility index (Phi) is 4.63. The van der Waals surface area contributed by atoms with Crippen molar-refractivity contribution in [1.82, 2.24) is 4.98 Å². The standard InChI is InChI=1S/C15H17ClN2O/c1-11-9-14(17)13(16)10-15(11)19-8-2-3-12-4-6-18-7-5-12/h4-7,9-10H,2-3,8,17H2,1H3. The van der Waals surface area contributed by atoms with E-state index >= 15 is 0 Å². The molecule has 0 unspecified atom stereocenters. The molecule has 0 saturated carbocycles. The van der Waals surface area contributed by atoms with Crippen LogP contribution in [0.2, 0.25) is 5.02 Å². The smallest absolute Gasteiger partial charge is 0.123 e. The summed E-state index contributed by atoms with van der Waals surface area (Å²) in [6.45, 7) is 2.62. The maximum Gasteiger partial charge on any atom is 0.123 e. The third-order valence-corrected chi connectivity index (χ3v) is 3.24. The monoisotopic (exact) mass is 276 g/mol. The van der Waals surface area contributed by atoms with Crippen molar-refractivity contribution in [1.29, 1.82) is 0 Å². The van der Waals surface area contributed by atoms with Crippen LogP contribution in [0.3, 0.4) is 0 Å². The van der Waals surface area contributed by atoms with Gasteiger partial charge in [-0.15, -0.1) is 0 Å². The molecule has 2 aromatic rings. The number of nitrogens with two attached hydrogens (primary N) is 1. The lowest BCUT2D eigenvalue weighted by Gasteiger charge is -2.10. The van der Waals surface area contributed by atoms with Gasteiger partial charge in [0.05, 0.1) is 17.3 Å². The van der Waals surface area contributed by atoms with Crippen molar-refractivity contribution in [3.63, 3.8) is 0 Å². The average Bonchev–Trinajstić information content (AvgIpc) is 2.41. The lowest BCUT2D eigenvalue weighted by molar-refractivity contribution is 0.309. The highest BCUT2D eigenvalue weighted by atomic mass is 35.5. The first-order chi connectivity index (χ1) is 9.16. The molecule has 0 aliphatic carbocycles. The summed E-state index contributed by atoms with van der Waals surface area (Å²) in [6.07, 6.45) is 5.54. The highest BCUT2D eigenvalue weighted by molar-refractivity contribution is 6.33. The summed E-state index contributed by atoms with van der Waals surface area (Å²) >= 11 is 5.98. The van der Waals surface area contributed by atoms with E-state index in [0.29, 0.717) is 17.3 Å². The Balaban J connectivity index is 1.85. The van der Waals surface area contributed by atoms with Crippen molar-refractivity contribution in [2.24, 2.45) is 0 Å². The minimum absolute atomic E-state index is 0.537. The van der Waals surface area contributed by atoms with Gasteiger partial charge in [-0.25, -0.2) is 0 Å². The zero-order valence-electron chi connectivity index (χ0n) is 10.9. The molecule has 0 amide bonds. The van der Waals surface area contributed by atoms with Crippen LogP contribution in [0.5, 0.6) is 5.75 Å². The number of ether oxygens (including phenoxy) is 1. The minimum atomic E-state index is 0.537. The van der Waals surface area contributed by atoms with Crippen LogP contribution in [0, 0.1) is 6.92 Å². The van der Waals surface area contributed by atoms with E-state index in [4.69, 9.17) is 22.1 Å². The van der Waals surface area contributed by atoms with Crippen LogP contribution in [-0.2, 0) is 6.42 Å². The zero-order valence-corrected chi connectivity index (χ0v) is 11.7. The number of aryl methyl sites for hydroxylation is 2. The number of nitrogen functional groups attached to an aromatic ring is 1. The highest BCUT2D eigenvalue weighted by Crippen LogP contribution is 2.28. The van der Waals surface area contributed by atoms with Gasteiger partial charge in [-0.3, -0.25) is 4.98 Å². The van der Waals surface area contributed by atoms with Gasteiger partial charge in [0.1, 0.15) is 5.75 Å². The molecule has 3 nitrogen and oxygen atoms in total. The van der Waals surface area contributed by atoms with Crippen molar-refractivity contribution >= 4 is 17.3 Å². The fourth-order valence-corrected chi connectivity index (χ4v) is 2.00. The SMILES string of the molecule is Cc1cc(N)c(Cl)cc1OCCCc1ccncc1. The minimum Gasteiger partial charge on any atom is -0.493 e. The molecule has 0 fully saturated rings. The Bertz CT molecular complexity index is 543. The second-order valence-corrected chi connectivity index (χ2v) is 4.85. The molecular formula is C15H17ClN2O. The van der Waals surface area contributed by atoms with Gasteiger partial charge < -0.3 is 10.5 Å². The third kappa shape index (κ3) is 3.86. The molecular weight excluding hydrogens is 260 g/mol. The van der Waals surface area contributed by atoms with Gasteiger partial charge >= 0.3 is 0 Å². The van der Waals surface area contributed by atoms with Gasteiger partial charge in [0.15, 0.2) is 0 Å². The van der Waals surface area contributed by atoms with E-state index < -0.39 is 0 Å². The van der Waals surface area contributed by atoms with Gasteiger partial charge in [-0.05, 0) is 49.1 Å². The number of hydrogen-bond donors (Lipinski definition) is 1. The van der Waals surface area contributed by atoms with Crippen molar-refractivity contribution in [3.8, 4) is 5.75 Å². The normalized spacial score (nSPS) is 10.4. The van der Waals surface area contributed by atoms with E-state index in [0.717, 1.165) is 24.2 Å². The van der Waals surface area contributed by atoms with Gasteiger partial charge in [-0.2, -0.15) is 0 Å². The van der Waals surface area contributed by atoms with Crippen molar-refractivity contribution < 1.29 is 4.74 Å². The van der Waals surface area contributed by atoms with E-state index in [1.54, 1.807) is 18.5 Å². The molecule has 2 N–H and O–H groups in total. The number of halogens is 1. The molecule has 1 aromatic carbocycles. The van der Waals surface area contributed by atoms with Crippen LogP contribution >= 0.6 is 11.6 Å². The average molecular weight is 277 g/mol. The Morgan fingerprint density at radius 3 is 2.74 bits per heavy atom. The first kappa shape index (κ1) is 13.7. The molecule has 1 aromatic heterocycles. The Morgan fingerprint density at radius 2 is 2.00 bits per heavy atom. The molecule has 0 radical (unpaired) electrons. The predicted molar refractivity (Wildman–Crippen MR) is 78.7 cm³/mol. The Hall–Kier alpha value is -1.74. The molecule has 0 bridgehead atoms. The van der Waals surface area contributed by atoms with E-state index in [1.807, 2.05) is 25.1 Å². The van der Waals surface area contributed by atoms with Crippen molar-refractivity contribution in [2.45, 2.75) is 19.8 Å². The molecule has 0 spiro atoms. The molecule has 0 aliphatic heterocycles. The van der Waals surface area contributed by atoms with Crippen LogP contribution < -0.4 is 10.5 Å². The number of aromatic nitrogens is 1. The molecule has 1 heterocycles. The topological polar surface area (TPSA) is 48.1 Å². The molecule has 0 saturated heterocycles. The van der Waals surface area contributed by atoms with Gasteiger partial charge in [-0.1, -0.05) is 11.6 Å². The zero-order chi connectivity index (χ0) is 13.7. The lowest BCUT2D eigenvalue weighted by Crippen LogP contribution is -2.01. The second kappa shape index (κ2) is 6.43. The van der Waals surface area contributed by atoms with Crippen molar-refractivity contribution in [3.05, 3.63) is 52.8 Å². The summed E-state index contributed by atoms with van der Waals surface area (Å²) in [4.78, 5) is 3.99. The molecule has 2 rings (SSSR count). The van der Waals surface area contributed by atoms with Crippen LogP contribution in [-0.4, -0.2) is 11.6 Å². The maximum absolute atomic E-state index is 5.98. The predicted octanol–water partition coefficient (Wildman–Crippen LogP) is 3.64. The van der Waals surface area contributed by atoms with E-state index in [9.17, 15) is 0 Å². The molecule has 0 aliphatic rings. The number of anilines is 1. The first-order valence-electron chi connectivity index (χ1n) is 6.24. The van der Waals surface area contributed by atoms with Crippen molar-refractivity contribution in [2.75, 3.05) is 12.3 Å². The number of pyridine rings is 1. The summed E-state index contributed by atoms with van der Waals surface area (Å²) in [5.41, 5.74) is 8.59. The summed E-state index contributed by atoms with van der Waals surface area (Å²) in [6, 6.07) is 7.65. The van der Waals surface area contributed by atoms with Crippen LogP contribution in [0.25, 0.3) is 0 Å². The Labute approximate surface area is 118 Å². The quantitative estimate of drug-likeness (QED) is 0.670. The highest BCUT2D eigenvalue weighted by Gasteiger charge is 2.04. The third-order valence-electron chi connectivity index (χ3n) is 2.91. The van der Waals surface area contributed by atoms with E-state index in [2.05, 4.69) is 4.98 Å². The molecule has 0 atom stereocenters. The number of benzene rings is 1. The first-order valence-corrected chi connectivity index (χ1v) is 6.62. The summed E-state index contributed by atoms with van der Waals surface area (Å²) < 4.78 is 5.74. The molecule has 19 heavy (non-hydrogen) atoms. The number of rotatable bonds is 5. The second-order valence-electron chi connectivity index (χ2n) is 4.45. The summed E-state index contributed by atoms with van der Waals surface area (Å²) in [7, 11) is 0. The Morgan fingerprint density at radius 1 is 1.26 bits per heavy atom. The fraction of sp³-hybridized carbons (Fsp3) is 0.267. The maximum atomic E-state index is 5.98. The van der Waals surface area contributed by atoms with Crippen LogP contribution in [0.1, 0.15) is 17.5 Å². The van der Waals surface area contributed by atoms with Gasteiger partial charge in [0.25, 0.3) is 0 Å². The summed E-state index contributed by atoms with van der Waals surface area (Å²) in [5, 5.41) is 0.537. The van der Waals surface area contributed by atoms with Gasteiger partial charge in [0, 0.05) is 18.5 Å². The molecule has 4 heteroatoms. The van der Waals surface area contributed by atoms with Crippen LogP contribution in [0.15, 0.2) is 36.7 Å². The van der Waals surface area contributed by atoms with Gasteiger partial charge in [0.2, 0.25) is 0 Å².